The molecule has 0 unspecified atom stereocenters. The number of carbonyl (C=O) groups excluding carboxylic acids is 2. The number of rotatable bonds is 2. The number of hydrogen-bond donors (Lipinski definition) is 0. The smallest absolute Gasteiger partial charge is 0.371 e. The topological polar surface area (TPSA) is 74.9 Å². The first-order valence-electron chi connectivity index (χ1n) is 2.14. The molecule has 66 valence electrons. The lowest BCUT2D eigenvalue weighted by Crippen LogP contribution is -2.17. The lowest BCUT2D eigenvalue weighted by molar-refractivity contribution is -0.148. The first-order chi connectivity index (χ1) is 4.45. The molecule has 0 saturated carbocycles. The number of aldehydes is 1. The van der Waals surface area contributed by atoms with Crippen LogP contribution in [0.15, 0.2) is 0 Å². The van der Waals surface area contributed by atoms with Crippen molar-refractivity contribution in [2.24, 2.45) is 0 Å². The van der Waals surface area contributed by atoms with E-state index in [9.17, 15) is 9.59 Å². The molecule has 0 aromatic carbocycles. The van der Waals surface area contributed by atoms with Crippen molar-refractivity contribution in [2.45, 2.75) is 3.79 Å². The highest BCUT2D eigenvalue weighted by Gasteiger charge is 2.21. The van der Waals surface area contributed by atoms with Gasteiger partial charge in [-0.2, -0.15) is 0 Å². The van der Waals surface area contributed by atoms with Crippen LogP contribution < -0.4 is 0 Å². The Morgan fingerprint density at radius 3 is 2.18 bits per heavy atom. The van der Waals surface area contributed by atoms with Gasteiger partial charge in [-0.3, -0.25) is 4.79 Å². The third kappa shape index (κ3) is 9.97. The van der Waals surface area contributed by atoms with Crippen LogP contribution >= 0.6 is 34.8 Å². The Morgan fingerprint density at radius 1 is 1.45 bits per heavy atom. The van der Waals surface area contributed by atoms with Gasteiger partial charge in [0.05, 0.1) is 0 Å². The van der Waals surface area contributed by atoms with E-state index in [1.54, 1.807) is 0 Å². The molecule has 0 amide bonds. The average Bonchev–Trinajstić information content (AvgIpc) is 1.81. The second-order valence-corrected chi connectivity index (χ2v) is 3.86. The molecule has 0 fully saturated rings. The predicted octanol–water partition coefficient (Wildman–Crippen LogP) is 0.274. The highest BCUT2D eigenvalue weighted by atomic mass is 35.6. The van der Waals surface area contributed by atoms with Gasteiger partial charge in [0.2, 0.25) is 10.1 Å². The number of carbonyl (C=O) groups is 2. The summed E-state index contributed by atoms with van der Waals surface area (Å²) in [5, 5.41) is 0. The quantitative estimate of drug-likeness (QED) is 0.292. The Kier molecular flexibility index (Phi) is 6.90. The van der Waals surface area contributed by atoms with Crippen molar-refractivity contribution in [1.29, 1.82) is 0 Å². The van der Waals surface area contributed by atoms with Gasteiger partial charge < -0.3 is 10.2 Å². The van der Waals surface area contributed by atoms with Crippen LogP contribution in [0.2, 0.25) is 0 Å². The Balaban J connectivity index is 0. The molecule has 7 heteroatoms. The summed E-state index contributed by atoms with van der Waals surface area (Å²) in [5.41, 5.74) is 0. The zero-order valence-corrected chi connectivity index (χ0v) is 7.41. The maximum Gasteiger partial charge on any atom is 0.371 e. The predicted molar refractivity (Wildman–Crippen MR) is 40.9 cm³/mol. The average molecular weight is 223 g/mol. The lowest BCUT2D eigenvalue weighted by atomic mass is 10.7. The fraction of sp³-hybridized carbons (Fsp3) is 0.500. The fourth-order valence-electron chi connectivity index (χ4n) is 0.187. The normalized spacial score (nSPS) is 9.73. The van der Waals surface area contributed by atoms with E-state index in [0.717, 1.165) is 0 Å². The van der Waals surface area contributed by atoms with Gasteiger partial charge in [-0.1, -0.05) is 34.8 Å². The van der Waals surface area contributed by atoms with Crippen molar-refractivity contribution in [2.75, 3.05) is 6.61 Å². The number of esters is 1. The summed E-state index contributed by atoms with van der Waals surface area (Å²) in [5.74, 6) is -1.05. The summed E-state index contributed by atoms with van der Waals surface area (Å²) in [7, 11) is 0. The molecular weight excluding hydrogens is 218 g/mol. The van der Waals surface area contributed by atoms with E-state index >= 15 is 0 Å². The third-order valence-corrected chi connectivity index (χ3v) is 0.802. The molecule has 11 heavy (non-hydrogen) atoms. The molecular formula is C4H5Cl3O4. The van der Waals surface area contributed by atoms with Crippen molar-refractivity contribution in [1.82, 2.24) is 0 Å². The molecule has 0 saturated heterocycles. The van der Waals surface area contributed by atoms with Crippen LogP contribution in [-0.4, -0.2) is 28.1 Å². The molecule has 0 bridgehead atoms. The molecule has 0 aliphatic carbocycles. The SMILES string of the molecule is O.O=CC(=O)OCC(Cl)(Cl)Cl. The number of halogens is 3. The molecule has 0 atom stereocenters. The van der Waals surface area contributed by atoms with Gasteiger partial charge in [-0.05, 0) is 0 Å². The Hall–Kier alpha value is -0.0300. The van der Waals surface area contributed by atoms with Crippen LogP contribution in [0.5, 0.6) is 0 Å². The number of alkyl halides is 3. The van der Waals surface area contributed by atoms with Gasteiger partial charge in [-0.15, -0.1) is 0 Å². The van der Waals surface area contributed by atoms with Gasteiger partial charge in [0.25, 0.3) is 0 Å². The van der Waals surface area contributed by atoms with Crippen LogP contribution in [0.25, 0.3) is 0 Å². The molecule has 0 rings (SSSR count). The van der Waals surface area contributed by atoms with Crippen molar-refractivity contribution in [3.8, 4) is 0 Å². The molecule has 0 aliphatic rings. The van der Waals surface area contributed by atoms with E-state index in [1.807, 2.05) is 0 Å². The van der Waals surface area contributed by atoms with Crippen molar-refractivity contribution in [3.05, 3.63) is 0 Å². The van der Waals surface area contributed by atoms with Crippen LogP contribution in [-0.2, 0) is 14.3 Å². The summed E-state index contributed by atoms with van der Waals surface area (Å²) in [4.78, 5) is 19.7. The first-order valence-corrected chi connectivity index (χ1v) is 3.28. The Labute approximate surface area is 77.7 Å². The summed E-state index contributed by atoms with van der Waals surface area (Å²) in [6.07, 6.45) is -0.00356. The van der Waals surface area contributed by atoms with Crippen molar-refractivity contribution >= 4 is 47.1 Å². The van der Waals surface area contributed by atoms with E-state index in [2.05, 4.69) is 4.74 Å². The van der Waals surface area contributed by atoms with Gasteiger partial charge in [-0.25, -0.2) is 4.79 Å². The zero-order chi connectivity index (χ0) is 8.20. The van der Waals surface area contributed by atoms with Crippen molar-refractivity contribution in [3.63, 3.8) is 0 Å². The van der Waals surface area contributed by atoms with Gasteiger partial charge in [0.15, 0.2) is 0 Å². The molecule has 0 heterocycles. The van der Waals surface area contributed by atoms with E-state index in [0.29, 0.717) is 0 Å². The minimum Gasteiger partial charge on any atom is -0.456 e. The van der Waals surface area contributed by atoms with Crippen molar-refractivity contribution < 1.29 is 19.8 Å². The summed E-state index contributed by atoms with van der Waals surface area (Å²) >= 11 is 15.5. The Bertz CT molecular complexity index is 141. The highest BCUT2D eigenvalue weighted by molar-refractivity contribution is 6.67. The van der Waals surface area contributed by atoms with Crippen LogP contribution in [0.3, 0.4) is 0 Å². The molecule has 4 nitrogen and oxygen atoms in total. The lowest BCUT2D eigenvalue weighted by Gasteiger charge is -2.08. The molecule has 0 aromatic heterocycles. The van der Waals surface area contributed by atoms with E-state index in [4.69, 9.17) is 34.8 Å². The van der Waals surface area contributed by atoms with E-state index < -0.39 is 16.4 Å². The second-order valence-electron chi connectivity index (χ2n) is 1.34. The molecule has 2 N–H and O–H groups in total. The van der Waals surface area contributed by atoms with Gasteiger partial charge >= 0.3 is 5.97 Å². The molecule has 0 spiro atoms. The first kappa shape index (κ1) is 13.6. The standard InChI is InChI=1S/C4H3Cl3O3.H2O/c5-4(6,7)2-10-3(9)1-8;/h1H,2H2;1H2. The van der Waals surface area contributed by atoms with Crippen LogP contribution in [0.4, 0.5) is 0 Å². The van der Waals surface area contributed by atoms with Crippen LogP contribution in [0.1, 0.15) is 0 Å². The maximum absolute atomic E-state index is 10.1. The summed E-state index contributed by atoms with van der Waals surface area (Å²) in [6.45, 7) is -0.421. The molecule has 0 aromatic rings. The largest absolute Gasteiger partial charge is 0.456 e. The van der Waals surface area contributed by atoms with Gasteiger partial charge in [0.1, 0.15) is 6.61 Å². The number of hydrogen-bond acceptors (Lipinski definition) is 3. The van der Waals surface area contributed by atoms with E-state index in [-0.39, 0.29) is 11.8 Å². The minimum absolute atomic E-state index is 0. The molecule has 0 radical (unpaired) electrons. The monoisotopic (exact) mass is 222 g/mol. The number of ether oxygens (including phenoxy) is 1. The van der Waals surface area contributed by atoms with E-state index in [1.165, 1.54) is 0 Å². The minimum atomic E-state index is -1.65. The second kappa shape index (κ2) is 5.60. The third-order valence-electron chi connectivity index (χ3n) is 0.474. The van der Waals surface area contributed by atoms with Gasteiger partial charge in [0, 0.05) is 0 Å². The zero-order valence-electron chi connectivity index (χ0n) is 5.14. The summed E-state index contributed by atoms with van der Waals surface area (Å²) < 4.78 is 2.50. The summed E-state index contributed by atoms with van der Waals surface area (Å²) in [6, 6.07) is 0. The van der Waals surface area contributed by atoms with Crippen LogP contribution in [0, 0.1) is 0 Å². The molecule has 0 aliphatic heterocycles. The fourth-order valence-corrected chi connectivity index (χ4v) is 0.351. The Morgan fingerprint density at radius 2 is 1.91 bits per heavy atom. The maximum atomic E-state index is 10.1. The highest BCUT2D eigenvalue weighted by Crippen LogP contribution is 2.25.